The molecule has 0 unspecified atom stereocenters. The first kappa shape index (κ1) is 65.5. The maximum atomic E-state index is 12.8. The van der Waals surface area contributed by atoms with Gasteiger partial charge in [-0.1, -0.05) is 76.4 Å². The van der Waals surface area contributed by atoms with E-state index < -0.39 is 79.1 Å². The summed E-state index contributed by atoms with van der Waals surface area (Å²) in [4.78, 5) is 118. The van der Waals surface area contributed by atoms with E-state index in [1.165, 1.54) is 54.8 Å². The van der Waals surface area contributed by atoms with Gasteiger partial charge in [-0.3, -0.25) is 47.9 Å². The number of carboxylic acids is 2. The second-order valence-electron chi connectivity index (χ2n) is 17.2. The molecule has 24 heteroatoms. The van der Waals surface area contributed by atoms with E-state index in [0.29, 0.717) is 24.8 Å². The first-order chi connectivity index (χ1) is 36.2. The number of aromatic hydroxyl groups is 1. The van der Waals surface area contributed by atoms with Gasteiger partial charge >= 0.3 is 11.9 Å². The van der Waals surface area contributed by atoms with Crippen LogP contribution < -0.4 is 48.7 Å². The van der Waals surface area contributed by atoms with Gasteiger partial charge in [-0.2, -0.15) is 0 Å². The number of aryl methyl sites for hydroxylation is 2. The molecule has 4 atom stereocenters. The molecule has 0 spiro atoms. The van der Waals surface area contributed by atoms with Crippen LogP contribution in [0.4, 0.5) is 0 Å². The minimum absolute atomic E-state index is 0.0763. The molecule has 2 aromatic heterocycles. The highest BCUT2D eigenvalue weighted by Gasteiger charge is 2.24. The number of hydrogen-bond donors (Lipinski definition) is 14. The highest BCUT2D eigenvalue weighted by molar-refractivity contribution is 5.93. The van der Waals surface area contributed by atoms with Crippen molar-refractivity contribution in [2.45, 2.75) is 117 Å². The number of unbranched alkanes of at least 4 members (excludes halogenated alkanes) is 1. The van der Waals surface area contributed by atoms with Crippen LogP contribution >= 0.6 is 0 Å². The molecule has 0 saturated carbocycles. The number of aromatic nitrogens is 2. The van der Waals surface area contributed by atoms with Crippen LogP contribution in [0.15, 0.2) is 66.9 Å². The van der Waals surface area contributed by atoms with Crippen LogP contribution in [-0.2, 0) is 67.2 Å². The minimum atomic E-state index is -1.36. The highest BCUT2D eigenvalue weighted by Crippen LogP contribution is 2.20. The standard InChI is InChI=1S/C25H29N5O5.C9H14N4O6.C9H11N.C5H11NO2.C4H10/c1-16(10-18-12-27-21-5-3-2-4-20(18)21)29-24(34)14-28-25(35)22(30-23(33)13-26-15-31)11-17-6-8-19(32)9-7-17;10-6(15)2-12-9(19)5(1-8(17)18)13-7(16)3-11-4-14;1-7-6-8-4-2-3-5-9(8)10-7;1-2-3-4(6)5(7)8;1-3-4-2/h2-9,12,15-16,22,27,32H,10-11,13-14H2,1H3,(H,26,31)(H,28,35)(H,29,34)(H,30,33);4-5H,1-3H2,(H2,10,15)(H,11,14)(H,12,19)(H,13,16)(H,17,18);3,5-6,10H,2,4H2,1H3;4H,2-3,6H2,1H3,(H,7,8);3-4H2,1-2H3/t16-,22+;5-;;4-;/m10.1./s1. The molecule has 0 bridgehead atoms. The second-order valence-corrected chi connectivity index (χ2v) is 17.2. The molecule has 8 amide bonds. The predicted molar refractivity (Wildman–Crippen MR) is 285 cm³/mol. The summed E-state index contributed by atoms with van der Waals surface area (Å²) in [5.74, 6) is -6.01. The number of phenolic OH excluding ortho intramolecular Hbond substituents is 1. The fourth-order valence-corrected chi connectivity index (χ4v) is 6.71. The number of carbonyl (C=O) groups excluding carboxylic acids is 8. The summed E-state index contributed by atoms with van der Waals surface area (Å²) in [5.41, 5.74) is 16.8. The molecular formula is C52H75N11O13. The Balaban J connectivity index is 0.000000581. The van der Waals surface area contributed by atoms with Crippen LogP contribution in [0.5, 0.6) is 5.75 Å². The van der Waals surface area contributed by atoms with E-state index in [9.17, 15) is 53.1 Å². The Morgan fingerprint density at radius 1 is 0.750 bits per heavy atom. The molecule has 0 aliphatic heterocycles. The number of carbonyl (C=O) groups is 10. The molecule has 1 aliphatic rings. The molecule has 1 aliphatic carbocycles. The van der Waals surface area contributed by atoms with Gasteiger partial charge in [-0.25, -0.2) is 0 Å². The third-order valence-electron chi connectivity index (χ3n) is 10.6. The smallest absolute Gasteiger partial charge is 0.320 e. The van der Waals surface area contributed by atoms with Gasteiger partial charge in [-0.15, -0.1) is 0 Å². The lowest BCUT2D eigenvalue weighted by atomic mass is 10.0. The van der Waals surface area contributed by atoms with Crippen molar-refractivity contribution in [1.82, 2.24) is 47.2 Å². The Morgan fingerprint density at radius 2 is 1.33 bits per heavy atom. The number of para-hydroxylation sites is 1. The molecule has 76 heavy (non-hydrogen) atoms. The fourth-order valence-electron chi connectivity index (χ4n) is 6.71. The number of aromatic amines is 2. The van der Waals surface area contributed by atoms with Crippen molar-refractivity contribution in [3.05, 3.63) is 94.9 Å². The topological polar surface area (TPSA) is 399 Å². The number of phenols is 1. The van der Waals surface area contributed by atoms with Gasteiger partial charge in [-0.05, 0) is 86.6 Å². The summed E-state index contributed by atoms with van der Waals surface area (Å²) in [7, 11) is 0. The van der Waals surface area contributed by atoms with Crippen LogP contribution in [0.2, 0.25) is 0 Å². The van der Waals surface area contributed by atoms with Crippen molar-refractivity contribution in [2.24, 2.45) is 11.5 Å². The third kappa shape index (κ3) is 28.1. The summed E-state index contributed by atoms with van der Waals surface area (Å²) in [6, 6.07) is 13.2. The maximum absolute atomic E-state index is 12.8. The van der Waals surface area contributed by atoms with Crippen molar-refractivity contribution >= 4 is 77.2 Å². The summed E-state index contributed by atoms with van der Waals surface area (Å²) in [6.45, 7) is 8.84. The number of nitrogens with one attached hydrogen (secondary N) is 9. The van der Waals surface area contributed by atoms with E-state index in [1.807, 2.05) is 44.3 Å². The molecule has 16 N–H and O–H groups in total. The summed E-state index contributed by atoms with van der Waals surface area (Å²) in [5, 5.41) is 43.8. The number of hydrogen-bond acceptors (Lipinski definition) is 12. The zero-order chi connectivity index (χ0) is 57.0. The first-order valence-corrected chi connectivity index (χ1v) is 24.6. The van der Waals surface area contributed by atoms with Gasteiger partial charge in [0.1, 0.15) is 23.9 Å². The van der Waals surface area contributed by atoms with E-state index in [0.717, 1.165) is 22.9 Å². The zero-order valence-corrected chi connectivity index (χ0v) is 43.7. The number of nitrogens with two attached hydrogens (primary N) is 2. The third-order valence-corrected chi connectivity index (χ3v) is 10.6. The van der Waals surface area contributed by atoms with Gasteiger partial charge in [0.05, 0.1) is 32.6 Å². The highest BCUT2D eigenvalue weighted by atomic mass is 16.4. The first-order valence-electron chi connectivity index (χ1n) is 24.6. The summed E-state index contributed by atoms with van der Waals surface area (Å²) in [6.07, 6.45) is 13.5. The number of benzene rings is 2. The number of carboxylic acid groups (broad SMARTS) is 2. The number of aliphatic carboxylic acids is 2. The normalized spacial score (nSPS) is 12.2. The lowest BCUT2D eigenvalue weighted by Gasteiger charge is -2.19. The largest absolute Gasteiger partial charge is 0.508 e. The Kier molecular flexibility index (Phi) is 32.1. The quantitative estimate of drug-likeness (QED) is 0.0414. The number of H-pyrrole nitrogens is 2. The number of fused-ring (bicyclic) bond motifs is 2. The van der Waals surface area contributed by atoms with E-state index in [2.05, 4.69) is 86.2 Å². The SMILES string of the molecule is CCCC.CCC[C@@H](N)C(=O)O.C[C@H](Cc1c[nH]c2ccccc12)NC(=O)CNC(=O)[C@H](Cc1ccc(O)cc1)NC(=O)CNC=O.Cc1cc2c([nH]1)C=CCC2.NC(=O)CNC(=O)[C@H](CC(=O)O)NC(=O)CNC=O. The summed E-state index contributed by atoms with van der Waals surface area (Å²) < 4.78 is 0. The van der Waals surface area contributed by atoms with E-state index in [-0.39, 0.29) is 43.6 Å². The Hall–Kier alpha value is -8.54. The Labute approximate surface area is 441 Å². The lowest BCUT2D eigenvalue weighted by molar-refractivity contribution is -0.141. The molecule has 0 saturated heterocycles. The molecule has 4 aromatic rings. The number of allylic oxidation sites excluding steroid dienone is 1. The molecule has 5 rings (SSSR count). The van der Waals surface area contributed by atoms with Crippen LogP contribution in [0, 0.1) is 6.92 Å². The molecule has 2 heterocycles. The number of amides is 8. The van der Waals surface area contributed by atoms with Crippen molar-refractivity contribution < 1.29 is 63.3 Å². The van der Waals surface area contributed by atoms with Crippen LogP contribution in [0.25, 0.3) is 17.0 Å². The second kappa shape index (κ2) is 37.2. The van der Waals surface area contributed by atoms with Crippen LogP contribution in [-0.4, -0.2) is 136 Å². The van der Waals surface area contributed by atoms with Gasteiger partial charge in [0, 0.05) is 41.0 Å². The molecule has 0 radical (unpaired) electrons. The van der Waals surface area contributed by atoms with Crippen LogP contribution in [0.1, 0.15) is 94.3 Å². The predicted octanol–water partition coefficient (Wildman–Crippen LogP) is 1.09. The molecule has 24 nitrogen and oxygen atoms in total. The van der Waals surface area contributed by atoms with Gasteiger partial charge < -0.3 is 74.0 Å². The van der Waals surface area contributed by atoms with Gasteiger partial charge in [0.15, 0.2) is 0 Å². The van der Waals surface area contributed by atoms with E-state index in [4.69, 9.17) is 21.7 Å². The molecule has 416 valence electrons. The van der Waals surface area contributed by atoms with E-state index >= 15 is 0 Å². The fraction of sp³-hybridized carbons (Fsp3) is 0.423. The Morgan fingerprint density at radius 3 is 1.87 bits per heavy atom. The van der Waals surface area contributed by atoms with Gasteiger partial charge in [0.25, 0.3) is 0 Å². The number of primary amides is 1. The van der Waals surface area contributed by atoms with E-state index in [1.54, 1.807) is 12.1 Å². The van der Waals surface area contributed by atoms with Crippen molar-refractivity contribution in [3.8, 4) is 5.75 Å². The molecule has 2 aromatic carbocycles. The van der Waals surface area contributed by atoms with Crippen molar-refractivity contribution in [3.63, 3.8) is 0 Å². The maximum Gasteiger partial charge on any atom is 0.320 e. The molecular weight excluding hydrogens is 987 g/mol. The average molecular weight is 1060 g/mol. The number of rotatable bonds is 25. The minimum Gasteiger partial charge on any atom is -0.508 e. The van der Waals surface area contributed by atoms with Crippen molar-refractivity contribution in [1.29, 1.82) is 0 Å². The molecule has 0 fully saturated rings. The monoisotopic (exact) mass is 1060 g/mol. The zero-order valence-electron chi connectivity index (χ0n) is 43.7. The Bertz CT molecular complexity index is 2510. The average Bonchev–Trinajstić information content (AvgIpc) is 3.98. The van der Waals surface area contributed by atoms with Crippen molar-refractivity contribution in [2.75, 3.05) is 26.2 Å². The lowest BCUT2D eigenvalue weighted by Crippen LogP contribution is -2.52. The van der Waals surface area contributed by atoms with Gasteiger partial charge in [0.2, 0.25) is 48.3 Å². The summed E-state index contributed by atoms with van der Waals surface area (Å²) >= 11 is 0. The van der Waals surface area contributed by atoms with Crippen LogP contribution in [0.3, 0.4) is 0 Å².